The van der Waals surface area contributed by atoms with E-state index in [0.717, 1.165) is 23.5 Å². The van der Waals surface area contributed by atoms with Crippen LogP contribution in [0.3, 0.4) is 0 Å². The molecule has 0 atom stereocenters. The topological polar surface area (TPSA) is 97.2 Å². The van der Waals surface area contributed by atoms with E-state index in [1.165, 1.54) is 48.5 Å². The van der Waals surface area contributed by atoms with E-state index >= 15 is 0 Å². The summed E-state index contributed by atoms with van der Waals surface area (Å²) in [4.78, 5) is 27.7. The largest absolute Gasteiger partial charge is 0.325 e. The van der Waals surface area contributed by atoms with Gasteiger partial charge in [-0.25, -0.2) is 22.9 Å². The molecule has 11 heteroatoms. The molecule has 0 unspecified atom stereocenters. The van der Waals surface area contributed by atoms with Gasteiger partial charge in [-0.3, -0.25) is 15.4 Å². The second-order valence-electron chi connectivity index (χ2n) is 6.71. The lowest BCUT2D eigenvalue weighted by Gasteiger charge is -2.06. The summed E-state index contributed by atoms with van der Waals surface area (Å²) in [6.45, 7) is 0. The van der Waals surface area contributed by atoms with Crippen LogP contribution in [0.1, 0.15) is 0 Å². The SMILES string of the molecule is O=C(Nc1nc(-c2ccc(F)cc2)c(-c2ccc([N+](=O)[O-])cc2)s1)Nc1ccc(F)cc1F. The second kappa shape index (κ2) is 9.09. The highest BCUT2D eigenvalue weighted by molar-refractivity contribution is 7.19. The number of nitro groups is 1. The molecular weight excluding hydrogens is 457 g/mol. The Labute approximate surface area is 188 Å². The van der Waals surface area contributed by atoms with Crippen LogP contribution in [0.5, 0.6) is 0 Å². The Kier molecular flexibility index (Phi) is 6.05. The molecule has 4 aromatic rings. The number of aromatic nitrogens is 1. The molecule has 0 spiro atoms. The van der Waals surface area contributed by atoms with Crippen LogP contribution in [0.4, 0.5) is 34.5 Å². The Morgan fingerprint density at radius 1 is 0.879 bits per heavy atom. The van der Waals surface area contributed by atoms with Gasteiger partial charge in [0, 0.05) is 23.8 Å². The number of nitrogens with one attached hydrogen (secondary N) is 2. The first kappa shape index (κ1) is 22.0. The summed E-state index contributed by atoms with van der Waals surface area (Å²) < 4.78 is 40.3. The van der Waals surface area contributed by atoms with Crippen LogP contribution in [0, 0.1) is 27.6 Å². The van der Waals surface area contributed by atoms with Gasteiger partial charge >= 0.3 is 6.03 Å². The fourth-order valence-corrected chi connectivity index (χ4v) is 3.94. The van der Waals surface area contributed by atoms with Gasteiger partial charge in [0.15, 0.2) is 5.13 Å². The van der Waals surface area contributed by atoms with Crippen molar-refractivity contribution in [1.82, 2.24) is 4.98 Å². The molecule has 0 aliphatic rings. The quantitative estimate of drug-likeness (QED) is 0.259. The third kappa shape index (κ3) is 4.99. The normalized spacial score (nSPS) is 10.6. The van der Waals surface area contributed by atoms with Crippen LogP contribution in [0.2, 0.25) is 0 Å². The highest BCUT2D eigenvalue weighted by Crippen LogP contribution is 2.39. The molecule has 0 radical (unpaired) electrons. The van der Waals surface area contributed by atoms with E-state index < -0.39 is 28.4 Å². The van der Waals surface area contributed by atoms with E-state index in [2.05, 4.69) is 15.6 Å². The third-order valence-corrected chi connectivity index (χ3v) is 5.50. The van der Waals surface area contributed by atoms with Crippen LogP contribution in [-0.4, -0.2) is 15.9 Å². The van der Waals surface area contributed by atoms with Crippen LogP contribution >= 0.6 is 11.3 Å². The number of rotatable bonds is 5. The first-order chi connectivity index (χ1) is 15.8. The lowest BCUT2D eigenvalue weighted by molar-refractivity contribution is -0.384. The van der Waals surface area contributed by atoms with E-state index in [-0.39, 0.29) is 16.5 Å². The van der Waals surface area contributed by atoms with Gasteiger partial charge in [0.1, 0.15) is 17.5 Å². The number of amides is 2. The average molecular weight is 470 g/mol. The summed E-state index contributed by atoms with van der Waals surface area (Å²) in [5.74, 6) is -2.16. The van der Waals surface area contributed by atoms with Crippen molar-refractivity contribution in [3.63, 3.8) is 0 Å². The van der Waals surface area contributed by atoms with E-state index in [1.54, 1.807) is 0 Å². The first-order valence-corrected chi connectivity index (χ1v) is 10.2. The molecule has 2 amide bonds. The van der Waals surface area contributed by atoms with Crippen molar-refractivity contribution in [2.24, 2.45) is 0 Å². The zero-order chi connectivity index (χ0) is 23.5. The van der Waals surface area contributed by atoms with Gasteiger partial charge in [0.25, 0.3) is 5.69 Å². The molecule has 0 bridgehead atoms. The fraction of sp³-hybridized carbons (Fsp3) is 0. The Balaban J connectivity index is 1.66. The van der Waals surface area contributed by atoms with Crippen molar-refractivity contribution < 1.29 is 22.9 Å². The molecule has 3 aromatic carbocycles. The zero-order valence-corrected chi connectivity index (χ0v) is 17.3. The number of halogens is 3. The monoisotopic (exact) mass is 470 g/mol. The molecule has 33 heavy (non-hydrogen) atoms. The molecule has 0 fully saturated rings. The second-order valence-corrected chi connectivity index (χ2v) is 7.71. The van der Waals surface area contributed by atoms with Gasteiger partial charge in [-0.2, -0.15) is 0 Å². The molecule has 0 saturated carbocycles. The maximum Gasteiger partial charge on any atom is 0.325 e. The van der Waals surface area contributed by atoms with Crippen LogP contribution < -0.4 is 10.6 Å². The number of urea groups is 1. The van der Waals surface area contributed by atoms with Gasteiger partial charge in [0.2, 0.25) is 0 Å². The number of carbonyl (C=O) groups excluding carboxylic acids is 1. The van der Waals surface area contributed by atoms with Crippen molar-refractivity contribution in [2.75, 3.05) is 10.6 Å². The standard InChI is InChI=1S/C22H13F3N4O3S/c23-14-5-1-12(2-6-14)19-20(13-3-8-16(9-4-13)29(31)32)33-22(27-19)28-21(30)26-18-10-7-15(24)11-17(18)25/h1-11H,(H2,26,27,28,30). The average Bonchev–Trinajstić information content (AvgIpc) is 3.20. The molecule has 1 heterocycles. The lowest BCUT2D eigenvalue weighted by atomic mass is 10.1. The van der Waals surface area contributed by atoms with Crippen LogP contribution in [-0.2, 0) is 0 Å². The number of nitrogens with zero attached hydrogens (tertiary/aromatic N) is 2. The third-order valence-electron chi connectivity index (χ3n) is 4.48. The number of anilines is 2. The molecule has 0 aliphatic carbocycles. The summed E-state index contributed by atoms with van der Waals surface area (Å²) in [5.41, 5.74) is 1.25. The molecule has 1 aromatic heterocycles. The predicted molar refractivity (Wildman–Crippen MR) is 119 cm³/mol. The number of hydrogen-bond donors (Lipinski definition) is 2. The summed E-state index contributed by atoms with van der Waals surface area (Å²) in [5, 5.41) is 15.8. The van der Waals surface area contributed by atoms with E-state index in [9.17, 15) is 28.1 Å². The molecule has 0 aliphatic heterocycles. The maximum atomic E-state index is 13.8. The Morgan fingerprint density at radius 2 is 1.52 bits per heavy atom. The number of carbonyl (C=O) groups is 1. The van der Waals surface area contributed by atoms with Crippen molar-refractivity contribution >= 4 is 33.9 Å². The van der Waals surface area contributed by atoms with Crippen molar-refractivity contribution in [2.45, 2.75) is 0 Å². The maximum absolute atomic E-state index is 13.8. The Hall–Kier alpha value is -4.25. The number of nitro benzene ring substituents is 1. The highest BCUT2D eigenvalue weighted by atomic mass is 32.1. The van der Waals surface area contributed by atoms with Crippen molar-refractivity contribution in [3.8, 4) is 21.7 Å². The summed E-state index contributed by atoms with van der Waals surface area (Å²) in [6, 6.07) is 13.2. The molecule has 166 valence electrons. The van der Waals surface area contributed by atoms with Gasteiger partial charge in [-0.15, -0.1) is 0 Å². The summed E-state index contributed by atoms with van der Waals surface area (Å²) in [7, 11) is 0. The minimum absolute atomic E-state index is 0.0920. The first-order valence-electron chi connectivity index (χ1n) is 9.35. The van der Waals surface area contributed by atoms with E-state index in [0.29, 0.717) is 27.8 Å². The number of non-ortho nitro benzene ring substituents is 1. The van der Waals surface area contributed by atoms with E-state index in [1.807, 2.05) is 0 Å². The number of thiazole rings is 1. The number of benzene rings is 3. The van der Waals surface area contributed by atoms with Gasteiger partial charge < -0.3 is 5.32 Å². The minimum atomic E-state index is -0.942. The lowest BCUT2D eigenvalue weighted by Crippen LogP contribution is -2.20. The van der Waals surface area contributed by atoms with Crippen molar-refractivity contribution in [3.05, 3.63) is 94.3 Å². The van der Waals surface area contributed by atoms with Gasteiger partial charge in [-0.05, 0) is 54.1 Å². The fourth-order valence-electron chi connectivity index (χ4n) is 2.95. The van der Waals surface area contributed by atoms with Crippen molar-refractivity contribution in [1.29, 1.82) is 0 Å². The summed E-state index contributed by atoms with van der Waals surface area (Å²) in [6.07, 6.45) is 0. The smallest absolute Gasteiger partial charge is 0.305 e. The molecule has 0 saturated heterocycles. The molecule has 2 N–H and O–H groups in total. The number of hydrogen-bond acceptors (Lipinski definition) is 5. The van der Waals surface area contributed by atoms with E-state index in [4.69, 9.17) is 0 Å². The highest BCUT2D eigenvalue weighted by Gasteiger charge is 2.18. The van der Waals surface area contributed by atoms with Gasteiger partial charge in [-0.1, -0.05) is 11.3 Å². The Morgan fingerprint density at radius 3 is 2.15 bits per heavy atom. The van der Waals surface area contributed by atoms with Crippen LogP contribution in [0.15, 0.2) is 66.7 Å². The summed E-state index contributed by atoms with van der Waals surface area (Å²) >= 11 is 1.07. The zero-order valence-electron chi connectivity index (χ0n) is 16.5. The molecular formula is C22H13F3N4O3S. The predicted octanol–water partition coefficient (Wildman–Crippen LogP) is 6.45. The van der Waals surface area contributed by atoms with Crippen LogP contribution in [0.25, 0.3) is 21.7 Å². The molecule has 4 rings (SSSR count). The van der Waals surface area contributed by atoms with Gasteiger partial charge in [0.05, 0.1) is 21.2 Å². The Bertz CT molecular complexity index is 1340. The molecule has 7 nitrogen and oxygen atoms in total. The minimum Gasteiger partial charge on any atom is -0.305 e.